The van der Waals surface area contributed by atoms with Crippen LogP contribution < -0.4 is 0 Å². The molecule has 0 atom stereocenters. The summed E-state index contributed by atoms with van der Waals surface area (Å²) in [6.45, 7) is 2.05. The largest absolute Gasteiger partial charge is 0.493 e. The third-order valence-electron chi connectivity index (χ3n) is 2.95. The molecule has 1 radical (unpaired) electrons. The van der Waals surface area contributed by atoms with Gasteiger partial charge in [-0.1, -0.05) is 25.1 Å². The molecule has 2 heterocycles. The number of aromatic nitrogens is 4. The van der Waals surface area contributed by atoms with E-state index in [1.165, 1.54) is 10.7 Å². The van der Waals surface area contributed by atoms with Gasteiger partial charge in [0.2, 0.25) is 11.8 Å². The summed E-state index contributed by atoms with van der Waals surface area (Å²) in [6.07, 6.45) is 4.34. The number of aromatic hydroxyl groups is 1. The van der Waals surface area contributed by atoms with Crippen LogP contribution >= 0.6 is 0 Å². The molecule has 20 heavy (non-hydrogen) atoms. The molecule has 0 aliphatic carbocycles. The number of hydrogen-bond acceptors (Lipinski definition) is 3. The van der Waals surface area contributed by atoms with Gasteiger partial charge in [-0.15, -0.1) is 0 Å². The zero-order valence-electron chi connectivity index (χ0n) is 10.9. The van der Waals surface area contributed by atoms with Crippen molar-refractivity contribution in [2.24, 2.45) is 0 Å². The van der Waals surface area contributed by atoms with E-state index in [9.17, 15) is 5.11 Å². The molecule has 6 heteroatoms. The number of benzene rings is 1. The Morgan fingerprint density at radius 1 is 1.15 bits per heavy atom. The van der Waals surface area contributed by atoms with E-state index in [0.717, 1.165) is 17.8 Å². The van der Waals surface area contributed by atoms with E-state index in [1.807, 2.05) is 48.0 Å². The predicted octanol–water partition coefficient (Wildman–Crippen LogP) is 2.32. The molecule has 3 aromatic rings. The molecule has 3 rings (SSSR count). The summed E-state index contributed by atoms with van der Waals surface area (Å²) in [7, 11) is 0. The Balaban J connectivity index is 0.00000147. The van der Waals surface area contributed by atoms with Crippen LogP contribution in [0.3, 0.4) is 0 Å². The fourth-order valence-electron chi connectivity index (χ4n) is 1.97. The van der Waals surface area contributed by atoms with Gasteiger partial charge in [0.05, 0.1) is 11.9 Å². The van der Waals surface area contributed by atoms with Gasteiger partial charge >= 0.3 is 0 Å². The van der Waals surface area contributed by atoms with Crippen LogP contribution in [-0.2, 0) is 26.5 Å². The predicted molar refractivity (Wildman–Crippen MR) is 71.7 cm³/mol. The molecule has 2 aromatic heterocycles. The molecule has 0 saturated heterocycles. The van der Waals surface area contributed by atoms with Crippen LogP contribution in [0.15, 0.2) is 48.8 Å². The second-order valence-electron chi connectivity index (χ2n) is 4.19. The summed E-state index contributed by atoms with van der Waals surface area (Å²) >= 11 is 0. The maximum Gasteiger partial charge on any atom is 0.238 e. The summed E-state index contributed by atoms with van der Waals surface area (Å²) in [6, 6.07) is 11.4. The van der Waals surface area contributed by atoms with Crippen molar-refractivity contribution in [1.29, 1.82) is 0 Å². The first-order chi connectivity index (χ1) is 9.29. The number of rotatable bonds is 3. The number of para-hydroxylation sites is 1. The van der Waals surface area contributed by atoms with Crippen molar-refractivity contribution in [3.05, 3.63) is 54.5 Å². The Labute approximate surface area is 130 Å². The zero-order valence-corrected chi connectivity index (χ0v) is 13.3. The average Bonchev–Trinajstić information content (AvgIpc) is 3.05. The Hall–Kier alpha value is -1.91. The average molecular weight is 447 g/mol. The van der Waals surface area contributed by atoms with Gasteiger partial charge in [0, 0.05) is 38.1 Å². The molecule has 0 fully saturated rings. The van der Waals surface area contributed by atoms with E-state index in [0.29, 0.717) is 5.95 Å². The summed E-state index contributed by atoms with van der Waals surface area (Å²) in [5.41, 5.74) is 1.94. The smallest absolute Gasteiger partial charge is 0.238 e. The van der Waals surface area contributed by atoms with Crippen LogP contribution in [0.25, 0.3) is 11.6 Å². The molecule has 0 spiro atoms. The molecule has 1 N–H and O–H groups in total. The van der Waals surface area contributed by atoms with Gasteiger partial charge in [0.1, 0.15) is 0 Å². The molecule has 105 valence electrons. The number of nitrogens with zero attached hydrogens (tertiary/aromatic N) is 4. The molecular weight excluding hydrogens is 432 g/mol. The first-order valence-corrected chi connectivity index (χ1v) is 6.16. The summed E-state index contributed by atoms with van der Waals surface area (Å²) < 4.78 is 3.34. The topological polar surface area (TPSA) is 55.9 Å². The van der Waals surface area contributed by atoms with Gasteiger partial charge in [-0.2, -0.15) is 9.78 Å². The molecular formula is C14H14IrN4O. The van der Waals surface area contributed by atoms with Gasteiger partial charge in [0.15, 0.2) is 0 Å². The molecule has 0 aliphatic heterocycles. The van der Waals surface area contributed by atoms with Crippen molar-refractivity contribution < 1.29 is 25.2 Å². The van der Waals surface area contributed by atoms with Crippen LogP contribution in [0.2, 0.25) is 0 Å². The molecule has 0 aliphatic rings. The van der Waals surface area contributed by atoms with Gasteiger partial charge in [-0.25, -0.2) is 4.98 Å². The number of hydrogen-bond donors (Lipinski definition) is 1. The van der Waals surface area contributed by atoms with Gasteiger partial charge in [0.25, 0.3) is 0 Å². The minimum absolute atomic E-state index is 0. The minimum atomic E-state index is 0. The maximum atomic E-state index is 9.80. The standard InChI is InChI=1S/C14H14N4O.Ir/c1-2-11-10-17(12-6-4-3-5-7-12)14(16-11)18-13(19)8-9-15-18;/h3-10,19H,2H2,1H3;. The maximum absolute atomic E-state index is 9.80. The third-order valence-corrected chi connectivity index (χ3v) is 2.95. The molecule has 0 saturated carbocycles. The van der Waals surface area contributed by atoms with Crippen molar-refractivity contribution in [3.63, 3.8) is 0 Å². The first kappa shape index (κ1) is 14.5. The number of imidazole rings is 1. The molecule has 0 amide bonds. The monoisotopic (exact) mass is 447 g/mol. The van der Waals surface area contributed by atoms with E-state index in [4.69, 9.17) is 0 Å². The van der Waals surface area contributed by atoms with Crippen LogP contribution in [0.4, 0.5) is 0 Å². The van der Waals surface area contributed by atoms with E-state index in [1.54, 1.807) is 6.20 Å². The van der Waals surface area contributed by atoms with E-state index in [2.05, 4.69) is 10.1 Å². The first-order valence-electron chi connectivity index (χ1n) is 6.16. The van der Waals surface area contributed by atoms with Crippen LogP contribution in [0, 0.1) is 0 Å². The zero-order chi connectivity index (χ0) is 13.2. The van der Waals surface area contributed by atoms with Gasteiger partial charge in [-0.3, -0.25) is 4.57 Å². The Morgan fingerprint density at radius 2 is 1.90 bits per heavy atom. The van der Waals surface area contributed by atoms with Crippen molar-refractivity contribution in [2.45, 2.75) is 13.3 Å². The van der Waals surface area contributed by atoms with Crippen molar-refractivity contribution in [3.8, 4) is 17.5 Å². The molecule has 5 nitrogen and oxygen atoms in total. The minimum Gasteiger partial charge on any atom is -0.493 e. The van der Waals surface area contributed by atoms with Crippen molar-refractivity contribution >= 4 is 0 Å². The Bertz CT molecular complexity index is 690. The van der Waals surface area contributed by atoms with E-state index >= 15 is 0 Å². The van der Waals surface area contributed by atoms with Gasteiger partial charge < -0.3 is 5.11 Å². The fourth-order valence-corrected chi connectivity index (χ4v) is 1.97. The van der Waals surface area contributed by atoms with Crippen molar-refractivity contribution in [2.75, 3.05) is 0 Å². The Kier molecular flexibility index (Phi) is 4.37. The van der Waals surface area contributed by atoms with Crippen LogP contribution in [0.5, 0.6) is 5.88 Å². The van der Waals surface area contributed by atoms with Gasteiger partial charge in [-0.05, 0) is 18.6 Å². The molecule has 0 bridgehead atoms. The molecule has 1 aromatic carbocycles. The number of aryl methyl sites for hydroxylation is 1. The quantitative estimate of drug-likeness (QED) is 0.672. The second kappa shape index (κ2) is 6.03. The normalized spacial score (nSPS) is 10.2. The summed E-state index contributed by atoms with van der Waals surface area (Å²) in [5, 5.41) is 13.9. The fraction of sp³-hybridized carbons (Fsp3) is 0.143. The SMILES string of the molecule is CCc1cn(-c2ccccc2)c(-n2nccc2O)n1.[Ir]. The third kappa shape index (κ3) is 2.53. The van der Waals surface area contributed by atoms with Crippen LogP contribution in [0.1, 0.15) is 12.6 Å². The van der Waals surface area contributed by atoms with Crippen LogP contribution in [-0.4, -0.2) is 24.4 Å². The molecule has 0 unspecified atom stereocenters. The van der Waals surface area contributed by atoms with Crippen molar-refractivity contribution in [1.82, 2.24) is 19.3 Å². The Morgan fingerprint density at radius 3 is 2.50 bits per heavy atom. The van der Waals surface area contributed by atoms with E-state index in [-0.39, 0.29) is 26.0 Å². The summed E-state index contributed by atoms with van der Waals surface area (Å²) in [5.74, 6) is 0.663. The second-order valence-corrected chi connectivity index (χ2v) is 4.19. The summed E-state index contributed by atoms with van der Waals surface area (Å²) in [4.78, 5) is 4.51. The van der Waals surface area contributed by atoms with E-state index < -0.39 is 0 Å².